The minimum atomic E-state index is -1.36. The van der Waals surface area contributed by atoms with Crippen molar-refractivity contribution in [2.24, 2.45) is 0 Å². The molecule has 0 aliphatic rings. The van der Waals surface area contributed by atoms with Gasteiger partial charge < -0.3 is 15.5 Å². The maximum Gasteiger partial charge on any atom is 0.328 e. The van der Waals surface area contributed by atoms with Gasteiger partial charge in [0.1, 0.15) is 11.3 Å². The largest absolute Gasteiger partial charge is 0.461 e. The van der Waals surface area contributed by atoms with Crippen LogP contribution in [-0.4, -0.2) is 51.7 Å². The monoisotopic (exact) mass is 332 g/mol. The molecular weight excluding hydrogens is 308 g/mol. The average Bonchev–Trinajstić information content (AvgIpc) is 2.42. The fourth-order valence-electron chi connectivity index (χ4n) is 1.76. The zero-order valence-electron chi connectivity index (χ0n) is 13.4. The number of rotatable bonds is 10. The fraction of sp³-hybridized carbons (Fsp3) is 0.714. The van der Waals surface area contributed by atoms with Gasteiger partial charge in [-0.05, 0) is 26.7 Å². The minimum Gasteiger partial charge on any atom is -0.461 e. The summed E-state index contributed by atoms with van der Waals surface area (Å²) < 4.78 is 16.6. The van der Waals surface area contributed by atoms with E-state index in [9.17, 15) is 18.6 Å². The lowest BCUT2D eigenvalue weighted by Crippen LogP contribution is -2.47. The van der Waals surface area contributed by atoms with Crippen molar-refractivity contribution in [3.8, 4) is 0 Å². The molecule has 0 spiro atoms. The number of esters is 1. The van der Waals surface area contributed by atoms with E-state index < -0.39 is 39.8 Å². The lowest BCUT2D eigenvalue weighted by atomic mass is 10.1. The third kappa shape index (κ3) is 7.44. The highest BCUT2D eigenvalue weighted by atomic mass is 32.2. The van der Waals surface area contributed by atoms with E-state index in [-0.39, 0.29) is 18.9 Å². The summed E-state index contributed by atoms with van der Waals surface area (Å²) in [6.45, 7) is 5.08. The number of carbonyl (C=O) groups is 3. The molecule has 1 amide bonds. The second kappa shape index (κ2) is 10.2. The van der Waals surface area contributed by atoms with Crippen LogP contribution in [0.2, 0.25) is 0 Å². The molecule has 0 aromatic rings. The predicted molar refractivity (Wildman–Crippen MR) is 84.3 cm³/mol. The molecular formula is C14H24N2O5S. The van der Waals surface area contributed by atoms with Crippen LogP contribution in [0, 0.1) is 5.41 Å². The standard InChI is InChI=1S/C14H24N2O5S/c1-5-12(22(4)20)13(18)16-11(7-6-10(17)8-15)14(19)21-9(2)3/h8-9,11-12,15H,5-7H2,1-4H3,(H,16,18)/t11-,12-,22?/m0/s1. The lowest BCUT2D eigenvalue weighted by molar-refractivity contribution is -0.151. The van der Waals surface area contributed by atoms with E-state index in [1.807, 2.05) is 0 Å². The highest BCUT2D eigenvalue weighted by molar-refractivity contribution is 7.85. The van der Waals surface area contributed by atoms with Crippen LogP contribution in [-0.2, 0) is 29.9 Å². The van der Waals surface area contributed by atoms with Crippen molar-refractivity contribution in [3.63, 3.8) is 0 Å². The lowest BCUT2D eigenvalue weighted by Gasteiger charge is -2.21. The molecule has 0 aromatic carbocycles. The average molecular weight is 332 g/mol. The molecule has 0 saturated carbocycles. The molecule has 22 heavy (non-hydrogen) atoms. The van der Waals surface area contributed by atoms with Gasteiger partial charge in [-0.2, -0.15) is 0 Å². The maximum absolute atomic E-state index is 12.1. The van der Waals surface area contributed by atoms with E-state index in [0.29, 0.717) is 12.6 Å². The van der Waals surface area contributed by atoms with E-state index in [1.54, 1.807) is 20.8 Å². The molecule has 0 aliphatic heterocycles. The van der Waals surface area contributed by atoms with Gasteiger partial charge in [-0.15, -0.1) is 0 Å². The molecule has 8 heteroatoms. The first-order chi connectivity index (χ1) is 10.2. The Bertz CT molecular complexity index is 451. The van der Waals surface area contributed by atoms with Gasteiger partial charge >= 0.3 is 5.97 Å². The molecule has 126 valence electrons. The van der Waals surface area contributed by atoms with E-state index in [4.69, 9.17) is 10.1 Å². The van der Waals surface area contributed by atoms with Crippen LogP contribution in [0.15, 0.2) is 0 Å². The summed E-state index contributed by atoms with van der Waals surface area (Å²) in [6.07, 6.45) is 2.11. The van der Waals surface area contributed by atoms with Crippen molar-refractivity contribution < 1.29 is 23.3 Å². The molecule has 0 aromatic heterocycles. The summed E-state index contributed by atoms with van der Waals surface area (Å²) in [4.78, 5) is 35.3. The minimum absolute atomic E-state index is 0.0400. The number of ketones is 1. The van der Waals surface area contributed by atoms with Crippen LogP contribution in [0.3, 0.4) is 0 Å². The van der Waals surface area contributed by atoms with Crippen LogP contribution in [0.1, 0.15) is 40.0 Å². The highest BCUT2D eigenvalue weighted by Gasteiger charge is 2.28. The van der Waals surface area contributed by atoms with Crippen LogP contribution in [0.5, 0.6) is 0 Å². The van der Waals surface area contributed by atoms with Gasteiger partial charge in [0.15, 0.2) is 5.78 Å². The van der Waals surface area contributed by atoms with E-state index in [0.717, 1.165) is 0 Å². The van der Waals surface area contributed by atoms with Gasteiger partial charge in [0.2, 0.25) is 5.91 Å². The molecule has 0 rings (SSSR count). The number of nitrogens with one attached hydrogen (secondary N) is 2. The van der Waals surface area contributed by atoms with Crippen LogP contribution < -0.4 is 5.32 Å². The normalized spacial score (nSPS) is 14.8. The topological polar surface area (TPSA) is 113 Å². The quantitative estimate of drug-likeness (QED) is 0.449. The van der Waals surface area contributed by atoms with Crippen LogP contribution >= 0.6 is 0 Å². The number of carbonyl (C=O) groups excluding carboxylic acids is 3. The van der Waals surface area contributed by atoms with Crippen LogP contribution in [0.4, 0.5) is 0 Å². The SMILES string of the molecule is CC[C@@H](C(=O)N[C@@H](CCC(=O)C=N)C(=O)OC(C)C)S(C)=O. The number of ether oxygens (including phenoxy) is 1. The first kappa shape index (κ1) is 20.4. The number of amides is 1. The molecule has 2 N–H and O–H groups in total. The van der Waals surface area contributed by atoms with Crippen molar-refractivity contribution in [3.05, 3.63) is 0 Å². The molecule has 7 nitrogen and oxygen atoms in total. The molecule has 0 bridgehead atoms. The van der Waals surface area contributed by atoms with Crippen molar-refractivity contribution in [2.75, 3.05) is 6.26 Å². The van der Waals surface area contributed by atoms with Crippen LogP contribution in [0.25, 0.3) is 0 Å². The van der Waals surface area contributed by atoms with Gasteiger partial charge in [0.25, 0.3) is 0 Å². The van der Waals surface area contributed by atoms with E-state index in [1.165, 1.54) is 6.26 Å². The van der Waals surface area contributed by atoms with Crippen molar-refractivity contribution >= 4 is 34.7 Å². The second-order valence-electron chi connectivity index (χ2n) is 5.09. The first-order valence-electron chi connectivity index (χ1n) is 7.09. The summed E-state index contributed by atoms with van der Waals surface area (Å²) >= 11 is 0. The number of hydrogen-bond acceptors (Lipinski definition) is 6. The Hall–Kier alpha value is -1.57. The van der Waals surface area contributed by atoms with E-state index >= 15 is 0 Å². The second-order valence-corrected chi connectivity index (χ2v) is 6.66. The first-order valence-corrected chi connectivity index (χ1v) is 8.71. The summed E-state index contributed by atoms with van der Waals surface area (Å²) in [5.74, 6) is -1.59. The third-order valence-corrected chi connectivity index (χ3v) is 4.21. The van der Waals surface area contributed by atoms with Gasteiger partial charge in [-0.25, -0.2) is 4.79 Å². The van der Waals surface area contributed by atoms with Crippen molar-refractivity contribution in [1.82, 2.24) is 5.32 Å². The summed E-state index contributed by atoms with van der Waals surface area (Å²) in [6, 6.07) is -0.989. The highest BCUT2D eigenvalue weighted by Crippen LogP contribution is 2.06. The summed E-state index contributed by atoms with van der Waals surface area (Å²) in [5.41, 5.74) is 0. The predicted octanol–water partition coefficient (Wildman–Crippen LogP) is 0.579. The Balaban J connectivity index is 4.93. The molecule has 0 aliphatic carbocycles. The molecule has 0 fully saturated rings. The van der Waals surface area contributed by atoms with Gasteiger partial charge in [-0.1, -0.05) is 6.92 Å². The third-order valence-electron chi connectivity index (χ3n) is 2.86. The molecule has 0 heterocycles. The van der Waals surface area contributed by atoms with E-state index in [2.05, 4.69) is 5.32 Å². The maximum atomic E-state index is 12.1. The summed E-state index contributed by atoms with van der Waals surface area (Å²) in [7, 11) is -1.36. The zero-order chi connectivity index (χ0) is 17.3. The van der Waals surface area contributed by atoms with Crippen molar-refractivity contribution in [1.29, 1.82) is 5.41 Å². The molecule has 1 unspecified atom stereocenters. The van der Waals surface area contributed by atoms with Gasteiger partial charge in [-0.3, -0.25) is 13.8 Å². The molecule has 0 radical (unpaired) electrons. The smallest absolute Gasteiger partial charge is 0.328 e. The van der Waals surface area contributed by atoms with Gasteiger partial charge in [0, 0.05) is 23.5 Å². The molecule has 3 atom stereocenters. The Morgan fingerprint density at radius 2 is 1.91 bits per heavy atom. The Labute approximate surface area is 133 Å². The number of Topliss-reactive ketones (excluding diaryl/α,β-unsaturated/α-hetero) is 1. The molecule has 0 saturated heterocycles. The Morgan fingerprint density at radius 1 is 1.32 bits per heavy atom. The van der Waals surface area contributed by atoms with Gasteiger partial charge in [0.05, 0.1) is 12.3 Å². The zero-order valence-corrected chi connectivity index (χ0v) is 14.2. The Morgan fingerprint density at radius 3 is 2.32 bits per heavy atom. The van der Waals surface area contributed by atoms with Crippen molar-refractivity contribution in [2.45, 2.75) is 57.4 Å². The summed E-state index contributed by atoms with van der Waals surface area (Å²) in [5, 5.41) is 8.64. The Kier molecular flexibility index (Phi) is 9.48. The number of hydrogen-bond donors (Lipinski definition) is 2. The fourth-order valence-corrected chi connectivity index (χ4v) is 2.60.